The predicted molar refractivity (Wildman–Crippen MR) is 140 cm³/mol. The fourth-order valence-electron chi connectivity index (χ4n) is 4.95. The van der Waals surface area contributed by atoms with Gasteiger partial charge in [0, 0.05) is 21.8 Å². The van der Waals surface area contributed by atoms with Gasteiger partial charge in [0.2, 0.25) is 0 Å². The molecule has 0 atom stereocenters. The number of hydrogen-bond acceptors (Lipinski definition) is 0. The number of benzene rings is 5. The van der Waals surface area contributed by atoms with Gasteiger partial charge in [-0.1, -0.05) is 91.5 Å². The Balaban J connectivity index is 1.74. The van der Waals surface area contributed by atoms with Gasteiger partial charge in [0.15, 0.2) is 0 Å². The largest absolute Gasteiger partial charge is 0.309 e. The highest BCUT2D eigenvalue weighted by Crippen LogP contribution is 2.37. The summed E-state index contributed by atoms with van der Waals surface area (Å²) in [6.07, 6.45) is 4.03. The van der Waals surface area contributed by atoms with E-state index >= 15 is 0 Å². The summed E-state index contributed by atoms with van der Waals surface area (Å²) in [7, 11) is 0. The molecule has 0 fully saturated rings. The van der Waals surface area contributed by atoms with E-state index in [1.54, 1.807) is 0 Å². The van der Waals surface area contributed by atoms with E-state index in [1.807, 2.05) is 6.08 Å². The molecule has 0 aliphatic heterocycles. The zero-order chi connectivity index (χ0) is 21.7. The Bertz CT molecular complexity index is 1690. The highest BCUT2D eigenvalue weighted by molar-refractivity contribution is 6.19. The first-order valence-corrected chi connectivity index (χ1v) is 11.0. The standard InChI is InChI=1S/C31H23N/c1-3-21(4-2)24-14-17-27-25(19-24)15-18-29-28-11-7-8-12-30(28)32(31(27)29)26-16-13-22-9-5-6-10-23(22)20-26/h3-20H,1H2,2H3/b21-4+. The second-order valence-corrected chi connectivity index (χ2v) is 8.23. The minimum atomic E-state index is 1.15. The average molecular weight is 410 g/mol. The average Bonchev–Trinajstić information content (AvgIpc) is 3.19. The molecule has 0 aliphatic rings. The Morgan fingerprint density at radius 3 is 2.28 bits per heavy atom. The van der Waals surface area contributed by atoms with E-state index in [1.165, 1.54) is 54.6 Å². The summed E-state index contributed by atoms with van der Waals surface area (Å²) in [6, 6.07) is 35.3. The molecule has 0 amide bonds. The number of nitrogens with zero attached hydrogens (tertiary/aromatic N) is 1. The van der Waals surface area contributed by atoms with E-state index in [0.29, 0.717) is 0 Å². The van der Waals surface area contributed by atoms with Gasteiger partial charge in [-0.15, -0.1) is 0 Å². The van der Waals surface area contributed by atoms with E-state index in [-0.39, 0.29) is 0 Å². The minimum absolute atomic E-state index is 1.15. The third-order valence-electron chi connectivity index (χ3n) is 6.51. The van der Waals surface area contributed by atoms with E-state index in [9.17, 15) is 0 Å². The lowest BCUT2D eigenvalue weighted by molar-refractivity contribution is 1.19. The van der Waals surface area contributed by atoms with E-state index in [2.05, 4.69) is 121 Å². The highest BCUT2D eigenvalue weighted by atomic mass is 15.0. The molecule has 6 aromatic rings. The van der Waals surface area contributed by atoms with Gasteiger partial charge >= 0.3 is 0 Å². The topological polar surface area (TPSA) is 4.93 Å². The number of rotatable bonds is 3. The van der Waals surface area contributed by atoms with Crippen LogP contribution in [0.2, 0.25) is 0 Å². The van der Waals surface area contributed by atoms with Crippen molar-refractivity contribution in [2.45, 2.75) is 6.92 Å². The van der Waals surface area contributed by atoms with Crippen LogP contribution >= 0.6 is 0 Å². The molecule has 152 valence electrons. The first-order chi connectivity index (χ1) is 15.8. The molecule has 0 spiro atoms. The zero-order valence-electron chi connectivity index (χ0n) is 18.0. The Morgan fingerprint density at radius 2 is 1.44 bits per heavy atom. The maximum Gasteiger partial charge on any atom is 0.0619 e. The third-order valence-corrected chi connectivity index (χ3v) is 6.51. The molecule has 5 aromatic carbocycles. The Morgan fingerprint density at radius 1 is 0.688 bits per heavy atom. The fraction of sp³-hybridized carbons (Fsp3) is 0.0323. The van der Waals surface area contributed by atoms with E-state index in [0.717, 1.165) is 5.57 Å². The van der Waals surface area contributed by atoms with Gasteiger partial charge in [0.1, 0.15) is 0 Å². The summed E-state index contributed by atoms with van der Waals surface area (Å²) in [5, 5.41) is 7.57. The first-order valence-electron chi connectivity index (χ1n) is 11.0. The van der Waals surface area contributed by atoms with Crippen LogP contribution < -0.4 is 0 Å². The van der Waals surface area contributed by atoms with E-state index < -0.39 is 0 Å². The zero-order valence-corrected chi connectivity index (χ0v) is 18.0. The van der Waals surface area contributed by atoms with Gasteiger partial charge in [0.25, 0.3) is 0 Å². The van der Waals surface area contributed by atoms with Crippen molar-refractivity contribution in [1.29, 1.82) is 0 Å². The van der Waals surface area contributed by atoms with Crippen molar-refractivity contribution < 1.29 is 0 Å². The minimum Gasteiger partial charge on any atom is -0.309 e. The molecule has 1 heterocycles. The van der Waals surface area contributed by atoms with Gasteiger partial charge in [-0.3, -0.25) is 0 Å². The summed E-state index contributed by atoms with van der Waals surface area (Å²) < 4.78 is 2.42. The molecule has 0 saturated carbocycles. The number of fused-ring (bicyclic) bond motifs is 6. The number of para-hydroxylation sites is 1. The summed E-state index contributed by atoms with van der Waals surface area (Å²) in [6.45, 7) is 6.03. The van der Waals surface area contributed by atoms with Crippen LogP contribution in [0.4, 0.5) is 0 Å². The predicted octanol–water partition coefficient (Wildman–Crippen LogP) is 8.68. The van der Waals surface area contributed by atoms with Crippen LogP contribution in [0.1, 0.15) is 12.5 Å². The monoisotopic (exact) mass is 409 g/mol. The smallest absolute Gasteiger partial charge is 0.0619 e. The molecule has 1 aromatic heterocycles. The van der Waals surface area contributed by atoms with Crippen molar-refractivity contribution in [1.82, 2.24) is 4.57 Å². The van der Waals surface area contributed by atoms with E-state index in [4.69, 9.17) is 0 Å². The maximum absolute atomic E-state index is 3.97. The maximum atomic E-state index is 3.97. The second kappa shape index (κ2) is 7.25. The molecule has 1 nitrogen and oxygen atoms in total. The second-order valence-electron chi connectivity index (χ2n) is 8.23. The summed E-state index contributed by atoms with van der Waals surface area (Å²) >= 11 is 0. The SMILES string of the molecule is C=C/C(=C\C)c1ccc2c(ccc3c4ccccc4n(-c4ccc5ccccc5c4)c23)c1. The van der Waals surface area contributed by atoms with Crippen molar-refractivity contribution in [2.24, 2.45) is 0 Å². The van der Waals surface area contributed by atoms with Crippen molar-refractivity contribution >= 4 is 48.9 Å². The summed E-state index contributed by atoms with van der Waals surface area (Å²) in [5.41, 5.74) is 6.03. The van der Waals surface area contributed by atoms with Gasteiger partial charge in [0.05, 0.1) is 11.0 Å². The summed E-state index contributed by atoms with van der Waals surface area (Å²) in [5.74, 6) is 0. The van der Waals surface area contributed by atoms with Crippen molar-refractivity contribution in [2.75, 3.05) is 0 Å². The molecule has 0 saturated heterocycles. The molecule has 0 radical (unpaired) electrons. The molecule has 0 bridgehead atoms. The van der Waals surface area contributed by atoms with Crippen LogP contribution in [0.15, 0.2) is 116 Å². The lowest BCUT2D eigenvalue weighted by Crippen LogP contribution is -1.94. The van der Waals surface area contributed by atoms with Gasteiger partial charge in [-0.25, -0.2) is 0 Å². The van der Waals surface area contributed by atoms with Crippen molar-refractivity contribution in [3.8, 4) is 5.69 Å². The lowest BCUT2D eigenvalue weighted by Gasteiger charge is -2.12. The normalized spacial score (nSPS) is 12.2. The van der Waals surface area contributed by atoms with Gasteiger partial charge in [-0.2, -0.15) is 0 Å². The van der Waals surface area contributed by atoms with Crippen LogP contribution in [-0.4, -0.2) is 4.57 Å². The van der Waals surface area contributed by atoms with Crippen LogP contribution in [0, 0.1) is 0 Å². The van der Waals surface area contributed by atoms with Crippen LogP contribution in [0.25, 0.3) is 54.6 Å². The Hall–Kier alpha value is -4.10. The molecule has 0 N–H and O–H groups in total. The van der Waals surface area contributed by atoms with Crippen LogP contribution in [0.3, 0.4) is 0 Å². The third kappa shape index (κ3) is 2.72. The highest BCUT2D eigenvalue weighted by Gasteiger charge is 2.15. The first kappa shape index (κ1) is 18.7. The summed E-state index contributed by atoms with van der Waals surface area (Å²) in [4.78, 5) is 0. The number of allylic oxidation sites excluding steroid dienone is 3. The molecular weight excluding hydrogens is 386 g/mol. The number of hydrogen-bond donors (Lipinski definition) is 0. The molecule has 6 rings (SSSR count). The Kier molecular flexibility index (Phi) is 4.22. The van der Waals surface area contributed by atoms with Gasteiger partial charge < -0.3 is 4.57 Å². The molecule has 32 heavy (non-hydrogen) atoms. The van der Waals surface area contributed by atoms with Crippen molar-refractivity contribution in [3.05, 3.63) is 121 Å². The van der Waals surface area contributed by atoms with Crippen LogP contribution in [-0.2, 0) is 0 Å². The molecular formula is C31H23N. The van der Waals surface area contributed by atoms with Crippen molar-refractivity contribution in [3.63, 3.8) is 0 Å². The number of aromatic nitrogens is 1. The molecule has 0 unspecified atom stereocenters. The van der Waals surface area contributed by atoms with Crippen LogP contribution in [0.5, 0.6) is 0 Å². The Labute approximate surface area is 187 Å². The quantitative estimate of drug-likeness (QED) is 0.258. The lowest BCUT2D eigenvalue weighted by atomic mass is 9.99. The van der Waals surface area contributed by atoms with Gasteiger partial charge in [-0.05, 0) is 58.5 Å². The fourth-order valence-corrected chi connectivity index (χ4v) is 4.95. The molecule has 0 aliphatic carbocycles. The molecule has 1 heteroatoms.